The highest BCUT2D eigenvalue weighted by molar-refractivity contribution is 6.30. The third-order valence-electron chi connectivity index (χ3n) is 3.67. The summed E-state index contributed by atoms with van der Waals surface area (Å²) in [6.07, 6.45) is 1.22. The monoisotopic (exact) mass is 281 g/mol. The molecule has 1 heterocycles. The lowest BCUT2D eigenvalue weighted by Gasteiger charge is -2.32. The van der Waals surface area contributed by atoms with Crippen LogP contribution in [0.15, 0.2) is 24.3 Å². The normalized spacial score (nSPS) is 17.8. The van der Waals surface area contributed by atoms with Crippen molar-refractivity contribution in [2.24, 2.45) is 0 Å². The Kier molecular flexibility index (Phi) is 6.11. The highest BCUT2D eigenvalue weighted by Gasteiger charge is 2.12. The van der Waals surface area contributed by atoms with Gasteiger partial charge in [0.15, 0.2) is 0 Å². The Labute approximate surface area is 121 Å². The van der Waals surface area contributed by atoms with Gasteiger partial charge < -0.3 is 15.1 Å². The Morgan fingerprint density at radius 3 is 2.47 bits per heavy atom. The Bertz CT molecular complexity index is 358. The average Bonchev–Trinajstić information content (AvgIpc) is 2.43. The van der Waals surface area contributed by atoms with Crippen molar-refractivity contribution < 1.29 is 0 Å². The van der Waals surface area contributed by atoms with Crippen molar-refractivity contribution in [1.82, 2.24) is 15.1 Å². The Balaban J connectivity index is 1.53. The number of halogens is 1. The zero-order valence-corrected chi connectivity index (χ0v) is 12.5. The van der Waals surface area contributed by atoms with Crippen molar-refractivity contribution >= 4 is 11.6 Å². The molecule has 0 bridgehead atoms. The van der Waals surface area contributed by atoms with E-state index in [1.54, 1.807) is 0 Å². The number of rotatable bonds is 6. The molecule has 1 aromatic rings. The summed E-state index contributed by atoms with van der Waals surface area (Å²) >= 11 is 5.86. The molecule has 1 aliphatic rings. The molecule has 0 amide bonds. The molecular weight excluding hydrogens is 258 g/mol. The van der Waals surface area contributed by atoms with Gasteiger partial charge in [0.05, 0.1) is 0 Å². The first-order chi connectivity index (χ1) is 9.24. The van der Waals surface area contributed by atoms with E-state index >= 15 is 0 Å². The Morgan fingerprint density at radius 1 is 1.11 bits per heavy atom. The lowest BCUT2D eigenvalue weighted by atomic mass is 10.2. The van der Waals surface area contributed by atoms with E-state index < -0.39 is 0 Å². The van der Waals surface area contributed by atoms with Crippen molar-refractivity contribution in [2.75, 3.05) is 46.3 Å². The zero-order chi connectivity index (χ0) is 13.5. The van der Waals surface area contributed by atoms with Gasteiger partial charge in [-0.3, -0.25) is 0 Å². The fourth-order valence-corrected chi connectivity index (χ4v) is 2.46. The fraction of sp³-hybridized carbons (Fsp3) is 0.600. The van der Waals surface area contributed by atoms with E-state index in [1.165, 1.54) is 44.7 Å². The molecule has 2 rings (SSSR count). The van der Waals surface area contributed by atoms with Crippen LogP contribution in [0.1, 0.15) is 12.0 Å². The summed E-state index contributed by atoms with van der Waals surface area (Å²) in [7, 11) is 2.20. The standard InChI is InChI=1S/C15H24ClN3/c1-18-9-11-19(12-10-18)8-2-7-17-13-14-3-5-15(16)6-4-14/h3-6,17H,2,7-13H2,1H3. The van der Waals surface area contributed by atoms with Crippen LogP contribution >= 0.6 is 11.6 Å². The van der Waals surface area contributed by atoms with Gasteiger partial charge in [-0.15, -0.1) is 0 Å². The number of benzene rings is 1. The number of piperazine rings is 1. The number of nitrogens with one attached hydrogen (secondary N) is 1. The van der Waals surface area contributed by atoms with Gasteiger partial charge in [-0.05, 0) is 44.3 Å². The molecule has 1 fully saturated rings. The van der Waals surface area contributed by atoms with Crippen molar-refractivity contribution in [3.8, 4) is 0 Å². The lowest BCUT2D eigenvalue weighted by Crippen LogP contribution is -2.45. The molecule has 19 heavy (non-hydrogen) atoms. The summed E-state index contributed by atoms with van der Waals surface area (Å²) < 4.78 is 0. The molecule has 0 aliphatic carbocycles. The van der Waals surface area contributed by atoms with Crippen molar-refractivity contribution in [3.63, 3.8) is 0 Å². The topological polar surface area (TPSA) is 18.5 Å². The van der Waals surface area contributed by atoms with Gasteiger partial charge in [0.25, 0.3) is 0 Å². The van der Waals surface area contributed by atoms with Gasteiger partial charge in [0.2, 0.25) is 0 Å². The fourth-order valence-electron chi connectivity index (χ4n) is 2.33. The average molecular weight is 282 g/mol. The maximum Gasteiger partial charge on any atom is 0.0406 e. The molecule has 3 nitrogen and oxygen atoms in total. The van der Waals surface area contributed by atoms with Gasteiger partial charge in [-0.2, -0.15) is 0 Å². The first kappa shape index (κ1) is 14.8. The molecule has 4 heteroatoms. The molecule has 1 aromatic carbocycles. The van der Waals surface area contributed by atoms with E-state index in [0.29, 0.717) is 0 Å². The summed E-state index contributed by atoms with van der Waals surface area (Å²) in [4.78, 5) is 4.96. The second-order valence-corrected chi connectivity index (χ2v) is 5.74. The molecule has 0 radical (unpaired) electrons. The van der Waals surface area contributed by atoms with Gasteiger partial charge in [0.1, 0.15) is 0 Å². The smallest absolute Gasteiger partial charge is 0.0406 e. The maximum atomic E-state index is 5.86. The van der Waals surface area contributed by atoms with Crippen LogP contribution < -0.4 is 5.32 Å². The summed E-state index contributed by atoms with van der Waals surface area (Å²) in [6, 6.07) is 8.05. The second kappa shape index (κ2) is 7.85. The third kappa shape index (κ3) is 5.49. The van der Waals surface area contributed by atoms with Crippen LogP contribution in [0.5, 0.6) is 0 Å². The molecule has 1 aliphatic heterocycles. The van der Waals surface area contributed by atoms with Gasteiger partial charge in [-0.1, -0.05) is 23.7 Å². The van der Waals surface area contributed by atoms with Crippen LogP contribution in [0, 0.1) is 0 Å². The van der Waals surface area contributed by atoms with Crippen molar-refractivity contribution in [3.05, 3.63) is 34.9 Å². The van der Waals surface area contributed by atoms with E-state index in [1.807, 2.05) is 12.1 Å². The molecule has 0 atom stereocenters. The lowest BCUT2D eigenvalue weighted by molar-refractivity contribution is 0.153. The van der Waals surface area contributed by atoms with Crippen LogP contribution in [-0.2, 0) is 6.54 Å². The highest BCUT2D eigenvalue weighted by atomic mass is 35.5. The number of nitrogens with zero attached hydrogens (tertiary/aromatic N) is 2. The number of likely N-dealkylation sites (N-methyl/N-ethyl adjacent to an activating group) is 1. The predicted octanol–water partition coefficient (Wildman–Crippen LogP) is 2.07. The van der Waals surface area contributed by atoms with E-state index in [0.717, 1.165) is 18.1 Å². The summed E-state index contributed by atoms with van der Waals surface area (Å²) in [6.45, 7) is 8.06. The molecule has 0 saturated carbocycles. The van der Waals surface area contributed by atoms with E-state index in [-0.39, 0.29) is 0 Å². The minimum Gasteiger partial charge on any atom is -0.313 e. The van der Waals surface area contributed by atoms with Gasteiger partial charge >= 0.3 is 0 Å². The summed E-state index contributed by atoms with van der Waals surface area (Å²) in [5.74, 6) is 0. The van der Waals surface area contributed by atoms with Crippen molar-refractivity contribution in [2.45, 2.75) is 13.0 Å². The SMILES string of the molecule is CN1CCN(CCCNCc2ccc(Cl)cc2)CC1. The summed E-state index contributed by atoms with van der Waals surface area (Å²) in [5.41, 5.74) is 1.30. The Hall–Kier alpha value is -0.610. The first-order valence-corrected chi connectivity index (χ1v) is 7.48. The minimum absolute atomic E-state index is 0.804. The third-order valence-corrected chi connectivity index (χ3v) is 3.92. The minimum atomic E-state index is 0.804. The molecule has 0 aromatic heterocycles. The van der Waals surface area contributed by atoms with E-state index in [4.69, 9.17) is 11.6 Å². The Morgan fingerprint density at radius 2 is 1.79 bits per heavy atom. The first-order valence-electron chi connectivity index (χ1n) is 7.10. The second-order valence-electron chi connectivity index (χ2n) is 5.30. The molecule has 1 saturated heterocycles. The molecular formula is C15H24ClN3. The molecule has 0 spiro atoms. The largest absolute Gasteiger partial charge is 0.313 e. The van der Waals surface area contributed by atoms with E-state index in [2.05, 4.69) is 34.3 Å². The maximum absolute atomic E-state index is 5.86. The van der Waals surface area contributed by atoms with Crippen LogP contribution in [0.2, 0.25) is 5.02 Å². The van der Waals surface area contributed by atoms with E-state index in [9.17, 15) is 0 Å². The summed E-state index contributed by atoms with van der Waals surface area (Å²) in [5, 5.41) is 4.29. The van der Waals surface area contributed by atoms with Crippen LogP contribution in [0.25, 0.3) is 0 Å². The molecule has 1 N–H and O–H groups in total. The predicted molar refractivity (Wildman–Crippen MR) is 81.7 cm³/mol. The molecule has 0 unspecified atom stereocenters. The zero-order valence-electron chi connectivity index (χ0n) is 11.7. The molecule has 106 valence electrons. The van der Waals surface area contributed by atoms with Crippen LogP contribution in [-0.4, -0.2) is 56.1 Å². The van der Waals surface area contributed by atoms with Crippen LogP contribution in [0.3, 0.4) is 0 Å². The van der Waals surface area contributed by atoms with Gasteiger partial charge in [-0.25, -0.2) is 0 Å². The quantitative estimate of drug-likeness (QED) is 0.806. The van der Waals surface area contributed by atoms with Crippen molar-refractivity contribution in [1.29, 1.82) is 0 Å². The van der Waals surface area contributed by atoms with Crippen LogP contribution in [0.4, 0.5) is 0 Å². The highest BCUT2D eigenvalue weighted by Crippen LogP contribution is 2.09. The number of hydrogen-bond donors (Lipinski definition) is 1. The number of hydrogen-bond acceptors (Lipinski definition) is 3. The van der Waals surface area contributed by atoms with Gasteiger partial charge in [0, 0.05) is 37.7 Å².